The van der Waals surface area contributed by atoms with Crippen LogP contribution in [0, 0.1) is 13.8 Å². The van der Waals surface area contributed by atoms with Gasteiger partial charge < -0.3 is 5.73 Å². The van der Waals surface area contributed by atoms with Crippen LogP contribution >= 0.6 is 0 Å². The fourth-order valence-corrected chi connectivity index (χ4v) is 2.56. The molecule has 0 saturated carbocycles. The lowest BCUT2D eigenvalue weighted by atomic mass is 10.2. The maximum atomic E-state index is 12.1. The molecule has 0 fully saturated rings. The molecule has 1 aromatic carbocycles. The number of aromatic nitrogens is 2. The molecule has 0 spiro atoms. The molecule has 2 rings (SSSR count). The topological polar surface area (TPSA) is 101 Å². The zero-order chi connectivity index (χ0) is 13.3. The van der Waals surface area contributed by atoms with Crippen LogP contribution in [-0.2, 0) is 10.0 Å². The number of nitrogens with zero attached hydrogens (tertiary/aromatic N) is 1. The van der Waals surface area contributed by atoms with E-state index in [1.165, 1.54) is 12.1 Å². The van der Waals surface area contributed by atoms with Crippen molar-refractivity contribution in [1.82, 2.24) is 10.2 Å². The molecule has 4 N–H and O–H groups in total. The van der Waals surface area contributed by atoms with Gasteiger partial charge in [0.05, 0.1) is 4.90 Å². The summed E-state index contributed by atoms with van der Waals surface area (Å²) in [5, 5.41) is 6.49. The highest BCUT2D eigenvalue weighted by Gasteiger charge is 2.16. The first kappa shape index (κ1) is 12.4. The molecule has 18 heavy (non-hydrogen) atoms. The van der Waals surface area contributed by atoms with Crippen molar-refractivity contribution in [2.24, 2.45) is 0 Å². The molecular formula is C11H14N4O2S. The summed E-state index contributed by atoms with van der Waals surface area (Å²) < 4.78 is 26.5. The van der Waals surface area contributed by atoms with E-state index >= 15 is 0 Å². The van der Waals surface area contributed by atoms with Gasteiger partial charge in [-0.1, -0.05) is 0 Å². The number of aromatic amines is 1. The molecule has 0 aliphatic heterocycles. The first-order valence-electron chi connectivity index (χ1n) is 5.29. The number of benzene rings is 1. The second-order valence-corrected chi connectivity index (χ2v) is 5.74. The first-order valence-corrected chi connectivity index (χ1v) is 6.78. The number of hydrogen-bond acceptors (Lipinski definition) is 4. The Labute approximate surface area is 105 Å². The van der Waals surface area contributed by atoms with Crippen LogP contribution in [-0.4, -0.2) is 18.6 Å². The van der Waals surface area contributed by atoms with Gasteiger partial charge in [0.1, 0.15) is 0 Å². The molecule has 0 aliphatic rings. The summed E-state index contributed by atoms with van der Waals surface area (Å²) in [4.78, 5) is 0.162. The molecule has 0 amide bonds. The van der Waals surface area contributed by atoms with Crippen molar-refractivity contribution in [3.05, 3.63) is 35.5 Å². The Bertz CT molecular complexity index is 676. The molecule has 96 valence electrons. The summed E-state index contributed by atoms with van der Waals surface area (Å²) >= 11 is 0. The Hall–Kier alpha value is -2.02. The van der Waals surface area contributed by atoms with Crippen LogP contribution in [0.25, 0.3) is 0 Å². The van der Waals surface area contributed by atoms with E-state index in [9.17, 15) is 8.42 Å². The van der Waals surface area contributed by atoms with Gasteiger partial charge in [-0.15, -0.1) is 0 Å². The van der Waals surface area contributed by atoms with E-state index in [4.69, 9.17) is 5.73 Å². The number of nitrogen functional groups attached to an aromatic ring is 1. The van der Waals surface area contributed by atoms with E-state index in [1.807, 2.05) is 0 Å². The van der Waals surface area contributed by atoms with Gasteiger partial charge in [0.2, 0.25) is 0 Å². The zero-order valence-electron chi connectivity index (χ0n) is 10.1. The standard InChI is InChI=1S/C11H14N4O2S/c1-7-5-9(3-4-10(7)12)18(16,17)15-11-6-8(2)13-14-11/h3-6H,12H2,1-2H3,(H2,13,14,15). The van der Waals surface area contributed by atoms with Crippen molar-refractivity contribution in [2.75, 3.05) is 10.5 Å². The minimum atomic E-state index is -3.63. The number of sulfonamides is 1. The maximum Gasteiger partial charge on any atom is 0.263 e. The lowest BCUT2D eigenvalue weighted by Crippen LogP contribution is -2.13. The average molecular weight is 266 g/mol. The van der Waals surface area contributed by atoms with E-state index < -0.39 is 10.0 Å². The number of aryl methyl sites for hydroxylation is 2. The summed E-state index contributed by atoms with van der Waals surface area (Å²) in [5.41, 5.74) is 7.71. The third kappa shape index (κ3) is 2.45. The Balaban J connectivity index is 2.33. The molecule has 0 aliphatic carbocycles. The monoisotopic (exact) mass is 266 g/mol. The number of nitrogens with one attached hydrogen (secondary N) is 2. The van der Waals surface area contributed by atoms with Gasteiger partial charge in [0.25, 0.3) is 10.0 Å². The van der Waals surface area contributed by atoms with Gasteiger partial charge in [-0.3, -0.25) is 9.82 Å². The average Bonchev–Trinajstić information content (AvgIpc) is 2.67. The Kier molecular flexibility index (Phi) is 3.00. The molecule has 0 radical (unpaired) electrons. The third-order valence-corrected chi connectivity index (χ3v) is 3.85. The molecule has 0 unspecified atom stereocenters. The predicted molar refractivity (Wildman–Crippen MR) is 69.7 cm³/mol. The second kappa shape index (κ2) is 4.34. The highest BCUT2D eigenvalue weighted by molar-refractivity contribution is 7.92. The van der Waals surface area contributed by atoms with Crippen molar-refractivity contribution in [3.8, 4) is 0 Å². The first-order chi connectivity index (χ1) is 8.38. The summed E-state index contributed by atoms with van der Waals surface area (Å²) in [6.45, 7) is 3.55. The van der Waals surface area contributed by atoms with Crippen molar-refractivity contribution < 1.29 is 8.42 Å². The summed E-state index contributed by atoms with van der Waals surface area (Å²) in [5.74, 6) is 0.266. The van der Waals surface area contributed by atoms with Crippen LogP contribution < -0.4 is 10.5 Å². The molecule has 0 atom stereocenters. The highest BCUT2D eigenvalue weighted by Crippen LogP contribution is 2.19. The fraction of sp³-hybridized carbons (Fsp3) is 0.182. The largest absolute Gasteiger partial charge is 0.399 e. The van der Waals surface area contributed by atoms with E-state index in [0.717, 1.165) is 11.3 Å². The van der Waals surface area contributed by atoms with Crippen LogP contribution in [0.2, 0.25) is 0 Å². The molecule has 1 heterocycles. The van der Waals surface area contributed by atoms with Crippen LogP contribution in [0.15, 0.2) is 29.2 Å². The summed E-state index contributed by atoms with van der Waals surface area (Å²) in [6, 6.07) is 6.17. The quantitative estimate of drug-likeness (QED) is 0.731. The molecule has 0 bridgehead atoms. The van der Waals surface area contributed by atoms with Crippen molar-refractivity contribution in [1.29, 1.82) is 0 Å². The summed E-state index contributed by atoms with van der Waals surface area (Å²) in [6.07, 6.45) is 0. The van der Waals surface area contributed by atoms with E-state index in [0.29, 0.717) is 5.69 Å². The van der Waals surface area contributed by atoms with Gasteiger partial charge >= 0.3 is 0 Å². The van der Waals surface area contributed by atoms with E-state index in [1.54, 1.807) is 26.0 Å². The molecular weight excluding hydrogens is 252 g/mol. The van der Waals surface area contributed by atoms with Crippen LogP contribution in [0.3, 0.4) is 0 Å². The molecule has 1 aromatic heterocycles. The summed E-state index contributed by atoms with van der Waals surface area (Å²) in [7, 11) is -3.63. The predicted octanol–water partition coefficient (Wildman–Crippen LogP) is 1.41. The van der Waals surface area contributed by atoms with Crippen LogP contribution in [0.4, 0.5) is 11.5 Å². The number of nitrogens with two attached hydrogens (primary N) is 1. The van der Waals surface area contributed by atoms with Gasteiger partial charge in [-0.05, 0) is 37.6 Å². The molecule has 6 nitrogen and oxygen atoms in total. The lowest BCUT2D eigenvalue weighted by molar-refractivity contribution is 0.601. The minimum absolute atomic E-state index is 0.162. The van der Waals surface area contributed by atoms with Gasteiger partial charge in [-0.2, -0.15) is 5.10 Å². The number of H-pyrrole nitrogens is 1. The maximum absolute atomic E-state index is 12.1. The molecule has 0 saturated heterocycles. The van der Waals surface area contributed by atoms with Crippen LogP contribution in [0.5, 0.6) is 0 Å². The van der Waals surface area contributed by atoms with Crippen molar-refractivity contribution in [2.45, 2.75) is 18.7 Å². The SMILES string of the molecule is Cc1cc(NS(=O)(=O)c2ccc(N)c(C)c2)n[nH]1. The fourth-order valence-electron chi connectivity index (χ4n) is 1.48. The zero-order valence-corrected chi connectivity index (χ0v) is 10.9. The molecule has 7 heteroatoms. The number of hydrogen-bond donors (Lipinski definition) is 3. The lowest BCUT2D eigenvalue weighted by Gasteiger charge is -2.07. The number of anilines is 2. The normalized spacial score (nSPS) is 11.4. The van der Waals surface area contributed by atoms with Crippen molar-refractivity contribution in [3.63, 3.8) is 0 Å². The Morgan fingerprint density at radius 2 is 2.00 bits per heavy atom. The van der Waals surface area contributed by atoms with Gasteiger partial charge in [0, 0.05) is 17.4 Å². The third-order valence-electron chi connectivity index (χ3n) is 2.50. The molecule has 2 aromatic rings. The van der Waals surface area contributed by atoms with Gasteiger partial charge in [0.15, 0.2) is 5.82 Å². The number of rotatable bonds is 3. The minimum Gasteiger partial charge on any atom is -0.399 e. The van der Waals surface area contributed by atoms with E-state index in [-0.39, 0.29) is 10.7 Å². The van der Waals surface area contributed by atoms with E-state index in [2.05, 4.69) is 14.9 Å². The van der Waals surface area contributed by atoms with Crippen molar-refractivity contribution >= 4 is 21.5 Å². The highest BCUT2D eigenvalue weighted by atomic mass is 32.2. The van der Waals surface area contributed by atoms with Gasteiger partial charge in [-0.25, -0.2) is 8.42 Å². The Morgan fingerprint density at radius 1 is 1.28 bits per heavy atom. The smallest absolute Gasteiger partial charge is 0.263 e. The second-order valence-electron chi connectivity index (χ2n) is 4.06. The van der Waals surface area contributed by atoms with Crippen LogP contribution in [0.1, 0.15) is 11.3 Å². The Morgan fingerprint density at radius 3 is 2.56 bits per heavy atom.